The van der Waals surface area contributed by atoms with E-state index in [1.165, 1.54) is 18.2 Å². The molecule has 0 aliphatic rings. The van der Waals surface area contributed by atoms with Crippen LogP contribution in [0.3, 0.4) is 0 Å². The van der Waals surface area contributed by atoms with Crippen LogP contribution < -0.4 is 0 Å². The summed E-state index contributed by atoms with van der Waals surface area (Å²) in [6, 6.07) is 4.17. The van der Waals surface area contributed by atoms with Crippen LogP contribution in [0.2, 0.25) is 0 Å². The summed E-state index contributed by atoms with van der Waals surface area (Å²) in [5, 5.41) is 9.76. The largest absolute Gasteiger partial charge is 0.478 e. The third kappa shape index (κ3) is 1.38. The first-order chi connectivity index (χ1) is 7.56. The Labute approximate surface area is 92.1 Å². The maximum atomic E-state index is 13.1. The SMILES string of the molecule is CCc1c(C(=O)O)c2ccc(F)cc2n1C. The molecule has 16 heavy (non-hydrogen) atoms. The van der Waals surface area contributed by atoms with Gasteiger partial charge in [0.2, 0.25) is 0 Å². The van der Waals surface area contributed by atoms with Crippen LogP contribution in [0, 0.1) is 5.82 Å². The van der Waals surface area contributed by atoms with Gasteiger partial charge >= 0.3 is 5.97 Å². The van der Waals surface area contributed by atoms with Crippen molar-refractivity contribution in [1.29, 1.82) is 0 Å². The van der Waals surface area contributed by atoms with Crippen LogP contribution in [0.5, 0.6) is 0 Å². The number of carboxylic acids is 1. The normalized spacial score (nSPS) is 10.9. The van der Waals surface area contributed by atoms with Gasteiger partial charge in [0.1, 0.15) is 5.82 Å². The molecular weight excluding hydrogens is 209 g/mol. The molecule has 0 bridgehead atoms. The highest BCUT2D eigenvalue weighted by Gasteiger charge is 2.19. The molecule has 1 aromatic heterocycles. The fourth-order valence-corrected chi connectivity index (χ4v) is 2.11. The number of aromatic nitrogens is 1. The maximum absolute atomic E-state index is 13.1. The quantitative estimate of drug-likeness (QED) is 0.846. The van der Waals surface area contributed by atoms with Crippen molar-refractivity contribution in [3.05, 3.63) is 35.3 Å². The second-order valence-electron chi connectivity index (χ2n) is 3.70. The van der Waals surface area contributed by atoms with Crippen LogP contribution in [0.4, 0.5) is 4.39 Å². The second-order valence-corrected chi connectivity index (χ2v) is 3.70. The van der Waals surface area contributed by atoms with E-state index >= 15 is 0 Å². The molecule has 3 nitrogen and oxygen atoms in total. The third-order valence-corrected chi connectivity index (χ3v) is 2.83. The number of hydrogen-bond donors (Lipinski definition) is 1. The van der Waals surface area contributed by atoms with E-state index in [1.807, 2.05) is 6.92 Å². The number of aryl methyl sites for hydroxylation is 1. The molecule has 0 saturated heterocycles. The fourth-order valence-electron chi connectivity index (χ4n) is 2.11. The van der Waals surface area contributed by atoms with Gasteiger partial charge in [-0.15, -0.1) is 0 Å². The number of halogens is 1. The molecule has 0 unspecified atom stereocenters. The summed E-state index contributed by atoms with van der Waals surface area (Å²) in [7, 11) is 1.76. The average molecular weight is 221 g/mol. The summed E-state index contributed by atoms with van der Waals surface area (Å²) in [5.41, 5.74) is 1.61. The summed E-state index contributed by atoms with van der Waals surface area (Å²) in [5.74, 6) is -1.32. The highest BCUT2D eigenvalue weighted by atomic mass is 19.1. The zero-order valence-corrected chi connectivity index (χ0v) is 9.12. The summed E-state index contributed by atoms with van der Waals surface area (Å²) in [6.07, 6.45) is 0.606. The van der Waals surface area contributed by atoms with Crippen LogP contribution >= 0.6 is 0 Å². The van der Waals surface area contributed by atoms with Gasteiger partial charge in [-0.05, 0) is 24.6 Å². The van der Waals surface area contributed by atoms with E-state index < -0.39 is 5.97 Å². The molecule has 1 N–H and O–H groups in total. The smallest absolute Gasteiger partial charge is 0.338 e. The number of carboxylic acid groups (broad SMARTS) is 1. The Morgan fingerprint density at radius 1 is 1.50 bits per heavy atom. The lowest BCUT2D eigenvalue weighted by Gasteiger charge is -2.01. The lowest BCUT2D eigenvalue weighted by atomic mass is 10.1. The minimum Gasteiger partial charge on any atom is -0.478 e. The summed E-state index contributed by atoms with van der Waals surface area (Å²) >= 11 is 0. The topological polar surface area (TPSA) is 42.2 Å². The minimum atomic E-state index is -0.964. The Morgan fingerprint density at radius 3 is 2.75 bits per heavy atom. The molecule has 0 spiro atoms. The fraction of sp³-hybridized carbons (Fsp3) is 0.250. The van der Waals surface area contributed by atoms with Gasteiger partial charge in [-0.2, -0.15) is 0 Å². The Bertz CT molecular complexity index is 572. The van der Waals surface area contributed by atoms with Gasteiger partial charge in [0, 0.05) is 18.1 Å². The molecule has 4 heteroatoms. The number of benzene rings is 1. The van der Waals surface area contributed by atoms with Crippen molar-refractivity contribution < 1.29 is 14.3 Å². The van der Waals surface area contributed by atoms with Crippen molar-refractivity contribution in [2.75, 3.05) is 0 Å². The monoisotopic (exact) mass is 221 g/mol. The Kier molecular flexibility index (Phi) is 2.42. The molecule has 0 aliphatic carbocycles. The van der Waals surface area contributed by atoms with Gasteiger partial charge < -0.3 is 9.67 Å². The number of rotatable bonds is 2. The predicted molar refractivity (Wildman–Crippen MR) is 59.2 cm³/mol. The lowest BCUT2D eigenvalue weighted by Crippen LogP contribution is -2.02. The van der Waals surface area contributed by atoms with E-state index in [4.69, 9.17) is 0 Å². The predicted octanol–water partition coefficient (Wildman–Crippen LogP) is 2.58. The Hall–Kier alpha value is -1.84. The highest BCUT2D eigenvalue weighted by molar-refractivity contribution is 6.05. The summed E-state index contributed by atoms with van der Waals surface area (Å²) in [4.78, 5) is 11.2. The number of aromatic carboxylic acids is 1. The van der Waals surface area contributed by atoms with E-state index in [9.17, 15) is 14.3 Å². The van der Waals surface area contributed by atoms with Gasteiger partial charge in [-0.3, -0.25) is 0 Å². The van der Waals surface area contributed by atoms with Crippen molar-refractivity contribution >= 4 is 16.9 Å². The van der Waals surface area contributed by atoms with Crippen molar-refractivity contribution in [2.45, 2.75) is 13.3 Å². The van der Waals surface area contributed by atoms with E-state index in [0.29, 0.717) is 23.0 Å². The first-order valence-electron chi connectivity index (χ1n) is 5.06. The average Bonchev–Trinajstić information content (AvgIpc) is 2.51. The van der Waals surface area contributed by atoms with Crippen LogP contribution in [0.15, 0.2) is 18.2 Å². The zero-order valence-electron chi connectivity index (χ0n) is 9.12. The van der Waals surface area contributed by atoms with E-state index in [0.717, 1.165) is 0 Å². The van der Waals surface area contributed by atoms with Crippen molar-refractivity contribution in [1.82, 2.24) is 4.57 Å². The number of carbonyl (C=O) groups is 1. The van der Waals surface area contributed by atoms with Gasteiger partial charge in [0.15, 0.2) is 0 Å². The number of fused-ring (bicyclic) bond motifs is 1. The molecule has 0 saturated carbocycles. The van der Waals surface area contributed by atoms with Crippen molar-refractivity contribution in [3.8, 4) is 0 Å². The molecule has 1 heterocycles. The van der Waals surface area contributed by atoms with Gasteiger partial charge in [-0.1, -0.05) is 6.92 Å². The third-order valence-electron chi connectivity index (χ3n) is 2.83. The molecule has 0 amide bonds. The lowest BCUT2D eigenvalue weighted by molar-refractivity contribution is 0.0697. The maximum Gasteiger partial charge on any atom is 0.338 e. The first-order valence-corrected chi connectivity index (χ1v) is 5.06. The van der Waals surface area contributed by atoms with Crippen LogP contribution in [0.25, 0.3) is 10.9 Å². The molecule has 0 atom stereocenters. The zero-order chi connectivity index (χ0) is 11.9. The van der Waals surface area contributed by atoms with Crippen molar-refractivity contribution in [2.24, 2.45) is 7.05 Å². The molecule has 0 radical (unpaired) electrons. The summed E-state index contributed by atoms with van der Waals surface area (Å²) in [6.45, 7) is 1.89. The van der Waals surface area contributed by atoms with Gasteiger partial charge in [0.25, 0.3) is 0 Å². The first kappa shape index (κ1) is 10.7. The van der Waals surface area contributed by atoms with E-state index in [1.54, 1.807) is 11.6 Å². The minimum absolute atomic E-state index is 0.278. The van der Waals surface area contributed by atoms with E-state index in [2.05, 4.69) is 0 Å². The molecule has 0 fully saturated rings. The highest BCUT2D eigenvalue weighted by Crippen LogP contribution is 2.26. The Morgan fingerprint density at radius 2 is 2.19 bits per heavy atom. The number of hydrogen-bond acceptors (Lipinski definition) is 1. The Balaban J connectivity index is 2.91. The molecule has 2 aromatic rings. The van der Waals surface area contributed by atoms with Crippen LogP contribution in [-0.4, -0.2) is 15.6 Å². The van der Waals surface area contributed by atoms with E-state index in [-0.39, 0.29) is 11.4 Å². The standard InChI is InChI=1S/C12H12FNO2/c1-3-9-11(12(15)16)8-5-4-7(13)6-10(8)14(9)2/h4-6H,3H2,1-2H3,(H,15,16). The summed E-state index contributed by atoms with van der Waals surface area (Å²) < 4.78 is 14.8. The molecule has 84 valence electrons. The molecule has 1 aromatic carbocycles. The van der Waals surface area contributed by atoms with Crippen molar-refractivity contribution in [3.63, 3.8) is 0 Å². The second kappa shape index (κ2) is 3.63. The van der Waals surface area contributed by atoms with Gasteiger partial charge in [-0.25, -0.2) is 9.18 Å². The molecule has 2 rings (SSSR count). The molecule has 0 aliphatic heterocycles. The number of nitrogens with zero attached hydrogens (tertiary/aromatic N) is 1. The van der Waals surface area contributed by atoms with Crippen LogP contribution in [0.1, 0.15) is 23.0 Å². The van der Waals surface area contributed by atoms with Gasteiger partial charge in [0.05, 0.1) is 11.1 Å². The van der Waals surface area contributed by atoms with Crippen LogP contribution in [-0.2, 0) is 13.5 Å². The molecular formula is C12H12FNO2.